The summed E-state index contributed by atoms with van der Waals surface area (Å²) in [5, 5.41) is 11.7. The molecule has 2 heteroatoms. The Balaban J connectivity index is 1.45. The van der Waals surface area contributed by atoms with Gasteiger partial charge in [-0.3, -0.25) is 4.79 Å². The van der Waals surface area contributed by atoms with Crippen LogP contribution < -0.4 is 0 Å². The minimum atomic E-state index is -0.891. The first-order chi connectivity index (χ1) is 13.9. The molecular weight excluding hydrogens is 356 g/mol. The largest absolute Gasteiger partial charge is 0.377 e. The summed E-state index contributed by atoms with van der Waals surface area (Å²) in [6, 6.07) is 10.0. The number of hydrogen-bond donors (Lipinski definition) is 1. The van der Waals surface area contributed by atoms with Crippen molar-refractivity contribution in [2.24, 2.45) is 28.6 Å². The molecule has 152 valence electrons. The minimum Gasteiger partial charge on any atom is -0.377 e. The Morgan fingerprint density at radius 3 is 2.52 bits per heavy atom. The van der Waals surface area contributed by atoms with Gasteiger partial charge >= 0.3 is 0 Å². The molecular formula is C27H32O2. The zero-order valence-electron chi connectivity index (χ0n) is 17.7. The fraction of sp³-hybridized carbons (Fsp3) is 0.593. The lowest BCUT2D eigenvalue weighted by atomic mass is 9.46. The highest BCUT2D eigenvalue weighted by Gasteiger charge is 2.63. The first-order valence-electron chi connectivity index (χ1n) is 11.4. The third kappa shape index (κ3) is 2.77. The van der Waals surface area contributed by atoms with Gasteiger partial charge in [-0.1, -0.05) is 49.5 Å². The third-order valence-electron chi connectivity index (χ3n) is 9.30. The molecule has 4 aliphatic rings. The number of carbonyl (C=O) groups is 1. The van der Waals surface area contributed by atoms with E-state index in [4.69, 9.17) is 0 Å². The number of carbonyl (C=O) groups excluding carboxylic acids is 1. The molecule has 3 saturated carbocycles. The summed E-state index contributed by atoms with van der Waals surface area (Å²) in [4.78, 5) is 12.0. The van der Waals surface area contributed by atoms with E-state index in [1.807, 2.05) is 36.4 Å². The second-order valence-corrected chi connectivity index (χ2v) is 10.4. The molecule has 0 radical (unpaired) electrons. The van der Waals surface area contributed by atoms with Crippen LogP contribution in [-0.4, -0.2) is 16.5 Å². The monoisotopic (exact) mass is 388 g/mol. The van der Waals surface area contributed by atoms with Crippen molar-refractivity contribution < 1.29 is 9.90 Å². The van der Waals surface area contributed by atoms with E-state index in [-0.39, 0.29) is 10.8 Å². The number of benzene rings is 1. The molecule has 0 heterocycles. The van der Waals surface area contributed by atoms with Gasteiger partial charge in [0.2, 0.25) is 0 Å². The highest BCUT2D eigenvalue weighted by atomic mass is 16.3. The quantitative estimate of drug-likeness (QED) is 0.612. The SMILES string of the molecule is CC12CCC(=O)C=C1CCC1C2CCC2(C)C1CC[C@@]2(O)C#Cc1ccccc1. The van der Waals surface area contributed by atoms with Crippen LogP contribution in [0.1, 0.15) is 70.8 Å². The Bertz CT molecular complexity index is 919. The fourth-order valence-electron chi connectivity index (χ4n) is 7.48. The molecule has 6 atom stereocenters. The van der Waals surface area contributed by atoms with E-state index in [9.17, 15) is 9.90 Å². The van der Waals surface area contributed by atoms with Crippen LogP contribution in [0.2, 0.25) is 0 Å². The highest BCUT2D eigenvalue weighted by Crippen LogP contribution is 2.67. The highest BCUT2D eigenvalue weighted by molar-refractivity contribution is 5.91. The van der Waals surface area contributed by atoms with Gasteiger partial charge in [-0.2, -0.15) is 0 Å². The molecule has 5 rings (SSSR count). The lowest BCUT2D eigenvalue weighted by molar-refractivity contribution is -0.119. The average Bonchev–Trinajstić information content (AvgIpc) is 2.99. The molecule has 1 N–H and O–H groups in total. The number of allylic oxidation sites excluding steroid dienone is 1. The maximum absolute atomic E-state index is 12.0. The first kappa shape index (κ1) is 19.1. The maximum Gasteiger partial charge on any atom is 0.155 e. The topological polar surface area (TPSA) is 37.3 Å². The molecule has 1 aromatic rings. The Hall–Kier alpha value is -1.85. The zero-order chi connectivity index (χ0) is 20.3. The number of ketones is 1. The van der Waals surface area contributed by atoms with Crippen LogP contribution in [0.5, 0.6) is 0 Å². The molecule has 0 amide bonds. The second kappa shape index (κ2) is 6.58. The van der Waals surface area contributed by atoms with Crippen LogP contribution >= 0.6 is 0 Å². The summed E-state index contributed by atoms with van der Waals surface area (Å²) in [7, 11) is 0. The van der Waals surface area contributed by atoms with Gasteiger partial charge < -0.3 is 5.11 Å². The molecule has 29 heavy (non-hydrogen) atoms. The summed E-state index contributed by atoms with van der Waals surface area (Å²) < 4.78 is 0. The maximum atomic E-state index is 12.0. The minimum absolute atomic E-state index is 0.127. The predicted octanol–water partition coefficient (Wildman–Crippen LogP) is 5.30. The lowest BCUT2D eigenvalue weighted by Crippen LogP contribution is -2.54. The van der Waals surface area contributed by atoms with Gasteiger partial charge in [-0.25, -0.2) is 0 Å². The lowest BCUT2D eigenvalue weighted by Gasteiger charge is -2.58. The molecule has 0 spiro atoms. The average molecular weight is 389 g/mol. The first-order valence-corrected chi connectivity index (χ1v) is 11.4. The van der Waals surface area contributed by atoms with Crippen molar-refractivity contribution in [3.63, 3.8) is 0 Å². The van der Waals surface area contributed by atoms with Crippen LogP contribution in [0.3, 0.4) is 0 Å². The third-order valence-corrected chi connectivity index (χ3v) is 9.30. The molecule has 4 aliphatic carbocycles. The van der Waals surface area contributed by atoms with Crippen molar-refractivity contribution in [1.29, 1.82) is 0 Å². The summed E-state index contributed by atoms with van der Waals surface area (Å²) in [6.45, 7) is 4.72. The Morgan fingerprint density at radius 1 is 0.966 bits per heavy atom. The van der Waals surface area contributed by atoms with Gasteiger partial charge in [0, 0.05) is 17.4 Å². The molecule has 0 saturated heterocycles. The van der Waals surface area contributed by atoms with E-state index < -0.39 is 5.60 Å². The van der Waals surface area contributed by atoms with Crippen molar-refractivity contribution in [3.05, 3.63) is 47.5 Å². The van der Waals surface area contributed by atoms with E-state index >= 15 is 0 Å². The van der Waals surface area contributed by atoms with Crippen LogP contribution in [0.25, 0.3) is 0 Å². The molecule has 2 nitrogen and oxygen atoms in total. The number of rotatable bonds is 0. The number of hydrogen-bond acceptors (Lipinski definition) is 2. The fourth-order valence-corrected chi connectivity index (χ4v) is 7.48. The Labute approximate surface area is 174 Å². The summed E-state index contributed by atoms with van der Waals surface area (Å²) in [6.07, 6.45) is 9.97. The van der Waals surface area contributed by atoms with Crippen molar-refractivity contribution in [1.82, 2.24) is 0 Å². The van der Waals surface area contributed by atoms with E-state index in [0.717, 1.165) is 44.1 Å². The number of fused-ring (bicyclic) bond motifs is 5. The summed E-state index contributed by atoms with van der Waals surface area (Å²) in [5.74, 6) is 8.76. The van der Waals surface area contributed by atoms with Crippen molar-refractivity contribution in [3.8, 4) is 11.8 Å². The van der Waals surface area contributed by atoms with E-state index in [1.165, 1.54) is 12.0 Å². The molecule has 3 fully saturated rings. The normalized spacial score (nSPS) is 43.3. The van der Waals surface area contributed by atoms with Crippen molar-refractivity contribution in [2.45, 2.75) is 70.8 Å². The van der Waals surface area contributed by atoms with Gasteiger partial charge in [0.15, 0.2) is 5.78 Å². The molecule has 0 aliphatic heterocycles. The molecule has 1 aromatic carbocycles. The predicted molar refractivity (Wildman–Crippen MR) is 115 cm³/mol. The van der Waals surface area contributed by atoms with Crippen LogP contribution in [0.4, 0.5) is 0 Å². The number of aliphatic hydroxyl groups is 1. The van der Waals surface area contributed by atoms with E-state index in [1.54, 1.807) is 0 Å². The van der Waals surface area contributed by atoms with Crippen LogP contribution in [0, 0.1) is 40.4 Å². The zero-order valence-corrected chi connectivity index (χ0v) is 17.7. The van der Waals surface area contributed by atoms with Gasteiger partial charge in [-0.05, 0) is 86.3 Å². The molecule has 0 bridgehead atoms. The standard InChI is InChI=1S/C27H32O2/c1-25-14-11-21(28)18-20(25)8-9-22-23(25)12-15-26(2)24(22)13-17-27(26,29)16-10-19-6-4-3-5-7-19/h3-7,18,22-24,29H,8-9,11-15,17H2,1-2H3/t22?,23?,24?,25?,26?,27-/m0/s1. The molecule has 5 unspecified atom stereocenters. The van der Waals surface area contributed by atoms with Crippen molar-refractivity contribution in [2.75, 3.05) is 0 Å². The Kier molecular flexibility index (Phi) is 4.34. The van der Waals surface area contributed by atoms with Gasteiger partial charge in [0.05, 0.1) is 0 Å². The summed E-state index contributed by atoms with van der Waals surface area (Å²) >= 11 is 0. The van der Waals surface area contributed by atoms with Gasteiger partial charge in [0.25, 0.3) is 0 Å². The van der Waals surface area contributed by atoms with Gasteiger partial charge in [0.1, 0.15) is 5.60 Å². The second-order valence-electron chi connectivity index (χ2n) is 10.4. The summed E-state index contributed by atoms with van der Waals surface area (Å²) in [5.41, 5.74) is 1.56. The van der Waals surface area contributed by atoms with Crippen LogP contribution in [0.15, 0.2) is 42.0 Å². The smallest absolute Gasteiger partial charge is 0.155 e. The van der Waals surface area contributed by atoms with E-state index in [2.05, 4.69) is 25.7 Å². The van der Waals surface area contributed by atoms with Crippen LogP contribution in [-0.2, 0) is 4.79 Å². The van der Waals surface area contributed by atoms with Crippen molar-refractivity contribution >= 4 is 5.78 Å². The Morgan fingerprint density at radius 2 is 1.72 bits per heavy atom. The van der Waals surface area contributed by atoms with E-state index in [0.29, 0.717) is 30.0 Å². The molecule has 0 aromatic heterocycles. The van der Waals surface area contributed by atoms with Gasteiger partial charge in [-0.15, -0.1) is 0 Å².